The van der Waals surface area contributed by atoms with Gasteiger partial charge in [0, 0.05) is 0 Å². The van der Waals surface area contributed by atoms with Gasteiger partial charge in [-0.1, -0.05) is 0 Å². The van der Waals surface area contributed by atoms with Gasteiger partial charge in [0.15, 0.2) is 0 Å². The Hall–Kier alpha value is -0.154. The molecule has 0 heterocycles. The van der Waals surface area contributed by atoms with E-state index in [4.69, 9.17) is 0 Å². The van der Waals surface area contributed by atoms with E-state index in [0.29, 0.717) is 0 Å². The van der Waals surface area contributed by atoms with E-state index in [-0.39, 0.29) is 0 Å². The Bertz CT molecular complexity index is 266. The number of allylic oxidation sites excluding steroid dienone is 2. The molecular weight excluding hydrogens is 278 g/mol. The van der Waals surface area contributed by atoms with Gasteiger partial charge in [-0.25, -0.2) is 0 Å². The molecule has 104 valence electrons. The summed E-state index contributed by atoms with van der Waals surface area (Å²) in [6.07, 6.45) is 4.96. The van der Waals surface area contributed by atoms with Crippen molar-refractivity contribution in [3.05, 3.63) is 11.8 Å². The summed E-state index contributed by atoms with van der Waals surface area (Å²) in [5.74, 6) is 0. The van der Waals surface area contributed by atoms with Crippen LogP contribution in [0.5, 0.6) is 0 Å². The SMILES string of the molecule is CC[CH2][Ga]([CH2]CC)[N](CC)/C(C)=C\C(C)=NCC. The molecule has 0 aromatic rings. The van der Waals surface area contributed by atoms with Crippen LogP contribution in [0.25, 0.3) is 0 Å². The molecule has 0 aliphatic carbocycles. The van der Waals surface area contributed by atoms with Crippen LogP contribution >= 0.6 is 0 Å². The van der Waals surface area contributed by atoms with Gasteiger partial charge in [0.05, 0.1) is 0 Å². The standard InChI is InChI=1S/C9H17N2.2C3H7.Ga/c1-5-10-8(3)7-9(4)11-6-2;2*1-3-2;/h7H,5-6H2,1-4H3;2*1,3H2,2H3;/q-1;;;+1/b8-7-,11-9?;;;. The molecule has 0 fully saturated rings. The fourth-order valence-electron chi connectivity index (χ4n) is 2.60. The summed E-state index contributed by atoms with van der Waals surface area (Å²) < 4.78 is 2.73. The van der Waals surface area contributed by atoms with Crippen molar-refractivity contribution in [1.82, 2.24) is 3.61 Å². The molecule has 0 amide bonds. The topological polar surface area (TPSA) is 15.6 Å². The van der Waals surface area contributed by atoms with E-state index in [1.165, 1.54) is 40.7 Å². The van der Waals surface area contributed by atoms with Gasteiger partial charge >= 0.3 is 120 Å². The van der Waals surface area contributed by atoms with Crippen LogP contribution in [0.1, 0.15) is 54.4 Å². The van der Waals surface area contributed by atoms with Crippen LogP contribution in [0.3, 0.4) is 0 Å². The Labute approximate surface area is 120 Å². The Morgan fingerprint density at radius 2 is 1.61 bits per heavy atom. The fourth-order valence-corrected chi connectivity index (χ4v) is 9.76. The average molecular weight is 309 g/mol. The summed E-state index contributed by atoms with van der Waals surface area (Å²) in [4.78, 5) is 7.42. The van der Waals surface area contributed by atoms with Crippen LogP contribution < -0.4 is 0 Å². The summed E-state index contributed by atoms with van der Waals surface area (Å²) in [5.41, 5.74) is 2.61. The van der Waals surface area contributed by atoms with Crippen LogP contribution in [0.4, 0.5) is 0 Å². The molecule has 0 atom stereocenters. The van der Waals surface area contributed by atoms with Gasteiger partial charge in [0.25, 0.3) is 0 Å². The van der Waals surface area contributed by atoms with Gasteiger partial charge in [-0.2, -0.15) is 0 Å². The minimum absolute atomic E-state index is 0.885. The van der Waals surface area contributed by atoms with Crippen molar-refractivity contribution in [3.63, 3.8) is 0 Å². The van der Waals surface area contributed by atoms with Crippen molar-refractivity contribution in [3.8, 4) is 0 Å². The maximum absolute atomic E-state index is 4.47. The van der Waals surface area contributed by atoms with Crippen LogP contribution in [-0.2, 0) is 0 Å². The normalized spacial score (nSPS) is 12.8. The zero-order valence-corrected chi connectivity index (χ0v) is 15.7. The summed E-state index contributed by atoms with van der Waals surface area (Å²) in [6.45, 7) is 15.5. The average Bonchev–Trinajstić information content (AvgIpc) is 2.30. The Balaban J connectivity index is 4.85. The summed E-state index contributed by atoms with van der Waals surface area (Å²) >= 11 is -1.29. The van der Waals surface area contributed by atoms with E-state index in [2.05, 4.69) is 56.2 Å². The second-order valence-corrected chi connectivity index (χ2v) is 11.4. The Morgan fingerprint density at radius 1 is 1.06 bits per heavy atom. The van der Waals surface area contributed by atoms with Crippen molar-refractivity contribution in [2.45, 2.75) is 64.3 Å². The summed E-state index contributed by atoms with van der Waals surface area (Å²) in [7, 11) is 0. The van der Waals surface area contributed by atoms with Gasteiger partial charge in [-0.05, 0) is 0 Å². The molecule has 0 unspecified atom stereocenters. The van der Waals surface area contributed by atoms with Gasteiger partial charge in [0.1, 0.15) is 0 Å². The molecule has 0 radical (unpaired) electrons. The molecule has 0 bridgehead atoms. The van der Waals surface area contributed by atoms with Crippen molar-refractivity contribution in [2.75, 3.05) is 13.1 Å². The quantitative estimate of drug-likeness (QED) is 0.452. The predicted octanol–water partition coefficient (Wildman–Crippen LogP) is 4.50. The molecular formula is C15H31GaN2. The zero-order valence-electron chi connectivity index (χ0n) is 13.3. The molecule has 0 saturated heterocycles. The second-order valence-electron chi connectivity index (χ2n) is 4.92. The molecule has 3 heteroatoms. The molecule has 0 aliphatic heterocycles. The Morgan fingerprint density at radius 3 is 2.00 bits per heavy atom. The van der Waals surface area contributed by atoms with Crippen LogP contribution in [0, 0.1) is 0 Å². The van der Waals surface area contributed by atoms with E-state index >= 15 is 0 Å². The minimum atomic E-state index is -1.29. The fraction of sp³-hybridized carbons (Fsp3) is 0.800. The predicted molar refractivity (Wildman–Crippen MR) is 85.7 cm³/mol. The molecule has 18 heavy (non-hydrogen) atoms. The third-order valence-electron chi connectivity index (χ3n) is 3.30. The van der Waals surface area contributed by atoms with E-state index in [0.717, 1.165) is 6.54 Å². The molecule has 0 N–H and O–H groups in total. The third kappa shape index (κ3) is 6.69. The Kier molecular flexibility index (Phi) is 10.6. The number of nitrogens with zero attached hydrogens (tertiary/aromatic N) is 2. The van der Waals surface area contributed by atoms with Crippen molar-refractivity contribution < 1.29 is 0 Å². The van der Waals surface area contributed by atoms with Crippen molar-refractivity contribution >= 4 is 22.2 Å². The molecule has 0 aromatic heterocycles. The summed E-state index contributed by atoms with van der Waals surface area (Å²) in [5, 5.41) is 0. The molecule has 0 saturated carbocycles. The zero-order chi connectivity index (χ0) is 14.0. The third-order valence-corrected chi connectivity index (χ3v) is 12.0. The van der Waals surface area contributed by atoms with Crippen LogP contribution in [0.15, 0.2) is 16.8 Å². The first kappa shape index (κ1) is 17.8. The second kappa shape index (κ2) is 10.7. The number of rotatable bonds is 9. The van der Waals surface area contributed by atoms with Gasteiger partial charge < -0.3 is 0 Å². The van der Waals surface area contributed by atoms with Gasteiger partial charge in [-0.3, -0.25) is 0 Å². The van der Waals surface area contributed by atoms with Gasteiger partial charge in [-0.15, -0.1) is 0 Å². The molecule has 0 aliphatic rings. The first-order chi connectivity index (χ1) is 8.60. The first-order valence-corrected chi connectivity index (χ1v) is 12.1. The molecule has 0 rings (SSSR count). The number of hydrogen-bond donors (Lipinski definition) is 0. The maximum atomic E-state index is 4.47. The van der Waals surface area contributed by atoms with Crippen LogP contribution in [-0.4, -0.2) is 38.9 Å². The van der Waals surface area contributed by atoms with Crippen molar-refractivity contribution in [1.29, 1.82) is 0 Å². The van der Waals surface area contributed by atoms with E-state index in [9.17, 15) is 0 Å². The van der Waals surface area contributed by atoms with Gasteiger partial charge in [0.2, 0.25) is 0 Å². The van der Waals surface area contributed by atoms with Crippen molar-refractivity contribution in [2.24, 2.45) is 4.99 Å². The van der Waals surface area contributed by atoms with E-state index < -0.39 is 16.5 Å². The number of hydrogen-bond acceptors (Lipinski definition) is 2. The molecule has 0 spiro atoms. The monoisotopic (exact) mass is 308 g/mol. The van der Waals surface area contributed by atoms with E-state index in [1.807, 2.05) is 0 Å². The molecule has 2 nitrogen and oxygen atoms in total. The van der Waals surface area contributed by atoms with Crippen LogP contribution in [0.2, 0.25) is 9.95 Å². The first-order valence-electron chi connectivity index (χ1n) is 7.56. The van der Waals surface area contributed by atoms with E-state index in [1.54, 1.807) is 0 Å². The summed E-state index contributed by atoms with van der Waals surface area (Å²) in [6, 6.07) is 0. The molecule has 0 aromatic carbocycles. The number of aliphatic imine (C=N–C) groups is 1.